The lowest BCUT2D eigenvalue weighted by Gasteiger charge is -2.64. The molecule has 4 saturated carbocycles. The number of esters is 1. The fourth-order valence-electron chi connectivity index (χ4n) is 17.8. The third-order valence-electron chi connectivity index (χ3n) is 23.4. The van der Waals surface area contributed by atoms with Crippen LogP contribution in [-0.4, -0.2) is 390 Å². The zero-order chi connectivity index (χ0) is 72.7. The van der Waals surface area contributed by atoms with E-state index >= 15 is 4.79 Å². The molecule has 38 nitrogen and oxygen atoms in total. The van der Waals surface area contributed by atoms with Crippen LogP contribution < -0.4 is 0 Å². The lowest BCUT2D eigenvalue weighted by molar-refractivity contribution is -0.401. The molecule has 11 aliphatic rings. The molecule has 576 valence electrons. The molecule has 4 aliphatic carbocycles. The van der Waals surface area contributed by atoms with E-state index in [0.29, 0.717) is 44.1 Å². The van der Waals surface area contributed by atoms with Gasteiger partial charge in [-0.1, -0.05) is 19.9 Å². The molecular formula is C62H100O38. The normalized spacial score (nSPS) is 54.5. The van der Waals surface area contributed by atoms with Gasteiger partial charge in [-0.3, -0.25) is 4.79 Å². The summed E-state index contributed by atoms with van der Waals surface area (Å²) < 4.78 is 84.6. The molecule has 0 aromatic carbocycles. The highest BCUT2D eigenvalue weighted by atomic mass is 16.8. The van der Waals surface area contributed by atoms with Gasteiger partial charge in [0.2, 0.25) is 6.29 Å². The van der Waals surface area contributed by atoms with Crippen molar-refractivity contribution in [1.82, 2.24) is 0 Å². The molecule has 0 aromatic heterocycles. The standard InChI is InChI=1S/C62H100O38/c1-20-11-61-9-5-28-59(2,7-4-8-60(28,3)58(86)99-56-49(97-53-44(83)39(78)32(71)23(14-65)90-53)47(35(74)25(16-67)92-56)95-52-43(82)38(77)31(70)22(13-64)89-52)29(61)6-10-62(20,19-61)100-57-50(98-54-45(84)40(79)33(72)24(15-66)91-54)48(36(75)26(17-68)93-57)96-55-46(85)41(80)34(73)27(94-55)18-87-51-42(81)37(76)30(69)21(12-63)88-51/h21-57,63-85H,1,4-19H2,2-3H3/t21?,22?,23?,24?,25?,26?,27?,28?,29-,30?,31?,32?,33?,34?,35?,36?,37?,38?,39?,40?,41?,42?,43?,44?,45?,46?,47?,48?,49?,50?,51?,52?,53?,54?,55?,56?,57?,59+,60+,61?,62-/m0/s1. The topological polar surface area (TPSA) is 612 Å². The van der Waals surface area contributed by atoms with Crippen LogP contribution in [0.1, 0.15) is 71.6 Å². The van der Waals surface area contributed by atoms with Gasteiger partial charge in [-0.05, 0) is 86.5 Å². The van der Waals surface area contributed by atoms with E-state index in [1.807, 2.05) is 0 Å². The summed E-state index contributed by atoms with van der Waals surface area (Å²) in [5.74, 6) is -1.56. The second-order valence-corrected chi connectivity index (χ2v) is 29.3. The molecule has 2 bridgehead atoms. The number of ether oxygens (including phenoxy) is 14. The second-order valence-electron chi connectivity index (χ2n) is 29.3. The van der Waals surface area contributed by atoms with Crippen LogP contribution in [0.5, 0.6) is 0 Å². The van der Waals surface area contributed by atoms with Crippen molar-refractivity contribution in [3.63, 3.8) is 0 Å². The van der Waals surface area contributed by atoms with E-state index in [2.05, 4.69) is 13.5 Å². The average Bonchev–Trinajstić information content (AvgIpc) is 1.44. The van der Waals surface area contributed by atoms with Gasteiger partial charge in [-0.2, -0.15) is 0 Å². The Morgan fingerprint density at radius 2 is 0.750 bits per heavy atom. The quantitative estimate of drug-likeness (QED) is 0.0288. The van der Waals surface area contributed by atoms with E-state index in [-0.39, 0.29) is 25.2 Å². The summed E-state index contributed by atoms with van der Waals surface area (Å²) in [6.45, 7) is 2.06. The molecule has 0 amide bonds. The van der Waals surface area contributed by atoms with E-state index in [1.54, 1.807) is 6.92 Å². The van der Waals surface area contributed by atoms with Gasteiger partial charge in [0.05, 0.1) is 57.3 Å². The van der Waals surface area contributed by atoms with Gasteiger partial charge >= 0.3 is 5.97 Å². The molecule has 7 aliphatic heterocycles. The lowest BCUT2D eigenvalue weighted by Crippen LogP contribution is -2.68. The Morgan fingerprint density at radius 3 is 1.19 bits per heavy atom. The van der Waals surface area contributed by atoms with Crippen molar-refractivity contribution in [2.75, 3.05) is 46.2 Å². The lowest BCUT2D eigenvalue weighted by atomic mass is 9.41. The van der Waals surface area contributed by atoms with E-state index in [4.69, 9.17) is 66.3 Å². The van der Waals surface area contributed by atoms with Crippen LogP contribution in [0.3, 0.4) is 0 Å². The number of carbonyl (C=O) groups excluding carboxylic acids is 1. The zero-order valence-corrected chi connectivity index (χ0v) is 54.8. The molecular weight excluding hydrogens is 1350 g/mol. The Balaban J connectivity index is 0.853. The predicted octanol–water partition coefficient (Wildman–Crippen LogP) is -11.6. The number of hydrogen-bond donors (Lipinski definition) is 23. The minimum absolute atomic E-state index is 0.185. The second kappa shape index (κ2) is 31.2. The number of hydrogen-bond acceptors (Lipinski definition) is 38. The van der Waals surface area contributed by atoms with Gasteiger partial charge in [-0.25, -0.2) is 0 Å². The molecule has 37 unspecified atom stereocenters. The van der Waals surface area contributed by atoms with Crippen LogP contribution in [0.4, 0.5) is 0 Å². The van der Waals surface area contributed by atoms with Gasteiger partial charge in [0.1, 0.15) is 165 Å². The minimum atomic E-state index is -2.17. The maximum Gasteiger partial charge on any atom is 0.314 e. The van der Waals surface area contributed by atoms with Gasteiger partial charge < -0.3 is 184 Å². The molecule has 11 rings (SSSR count). The summed E-state index contributed by atoms with van der Waals surface area (Å²) in [6.07, 6.45) is -63.1. The van der Waals surface area contributed by atoms with Crippen LogP contribution in [-0.2, 0) is 71.1 Å². The van der Waals surface area contributed by atoms with Crippen molar-refractivity contribution in [2.45, 2.75) is 292 Å². The Bertz CT molecular complexity index is 2720. The van der Waals surface area contributed by atoms with E-state index in [1.165, 1.54) is 0 Å². The summed E-state index contributed by atoms with van der Waals surface area (Å²) in [6, 6.07) is 0. The Kier molecular flexibility index (Phi) is 24.6. The molecule has 41 atom stereocenters. The average molecular weight is 1450 g/mol. The van der Waals surface area contributed by atoms with Crippen LogP contribution in [0, 0.1) is 28.1 Å². The predicted molar refractivity (Wildman–Crippen MR) is 317 cm³/mol. The summed E-state index contributed by atoms with van der Waals surface area (Å²) in [7, 11) is 0. The number of aliphatic hydroxyl groups is 23. The molecule has 11 fully saturated rings. The highest BCUT2D eigenvalue weighted by Gasteiger charge is 2.70. The van der Waals surface area contributed by atoms with Crippen LogP contribution >= 0.6 is 0 Å². The third kappa shape index (κ3) is 14.1. The number of fused-ring (bicyclic) bond motifs is 3. The van der Waals surface area contributed by atoms with Gasteiger partial charge in [-0.15, -0.1) is 0 Å². The first-order valence-electron chi connectivity index (χ1n) is 33.9. The largest absolute Gasteiger partial charge is 0.432 e. The van der Waals surface area contributed by atoms with Crippen molar-refractivity contribution in [2.24, 2.45) is 28.1 Å². The van der Waals surface area contributed by atoms with Crippen molar-refractivity contribution >= 4 is 5.97 Å². The van der Waals surface area contributed by atoms with Crippen molar-refractivity contribution in [3.8, 4) is 0 Å². The Hall–Kier alpha value is -2.23. The molecule has 0 aromatic rings. The van der Waals surface area contributed by atoms with E-state index < -0.39 is 295 Å². The summed E-state index contributed by atoms with van der Waals surface area (Å²) in [5, 5.41) is 249. The SMILES string of the molecule is C=C1CC23CCC4[C@](C)(C(=O)OC5OC(CO)C(O)C(OC6OC(CO)C(O)C(O)C6O)C5OC5OC(CO)C(O)C(O)C5O)CCC[C@@]4(C)[C@@H]2CC[C@]1(OC1OC(CO)C(O)C(OC2OC(COC4OC(CO)C(O)C(O)C4O)C(O)C(O)C2O)C1OC1OC(CO)C(O)C(O)C1O)C3. The molecule has 1 spiro atoms. The van der Waals surface area contributed by atoms with Gasteiger partial charge in [0.15, 0.2) is 43.8 Å². The Labute approximate surface area is 571 Å². The molecule has 100 heavy (non-hydrogen) atoms. The maximum atomic E-state index is 15.5. The molecule has 38 heteroatoms. The zero-order valence-electron chi connectivity index (χ0n) is 54.8. The van der Waals surface area contributed by atoms with Crippen molar-refractivity contribution < 1.29 is 189 Å². The van der Waals surface area contributed by atoms with E-state index in [9.17, 15) is 117 Å². The van der Waals surface area contributed by atoms with Crippen molar-refractivity contribution in [3.05, 3.63) is 12.2 Å². The maximum absolute atomic E-state index is 15.5. The van der Waals surface area contributed by atoms with E-state index in [0.717, 1.165) is 0 Å². The smallest absolute Gasteiger partial charge is 0.314 e. The van der Waals surface area contributed by atoms with Crippen LogP contribution in [0.2, 0.25) is 0 Å². The number of carbonyl (C=O) groups is 1. The highest BCUT2D eigenvalue weighted by molar-refractivity contribution is 5.77. The van der Waals surface area contributed by atoms with Gasteiger partial charge in [0, 0.05) is 0 Å². The van der Waals surface area contributed by atoms with Crippen LogP contribution in [0.25, 0.3) is 0 Å². The van der Waals surface area contributed by atoms with Gasteiger partial charge in [0.25, 0.3) is 0 Å². The third-order valence-corrected chi connectivity index (χ3v) is 23.4. The molecule has 7 saturated heterocycles. The molecule has 7 heterocycles. The molecule has 0 radical (unpaired) electrons. The van der Waals surface area contributed by atoms with Crippen LogP contribution in [0.15, 0.2) is 12.2 Å². The summed E-state index contributed by atoms with van der Waals surface area (Å²) >= 11 is 0. The fourth-order valence-corrected chi connectivity index (χ4v) is 17.8. The minimum Gasteiger partial charge on any atom is -0.432 e. The first-order chi connectivity index (χ1) is 47.3. The highest BCUT2D eigenvalue weighted by Crippen LogP contribution is 2.74. The first kappa shape index (κ1) is 78.8. The molecule has 23 N–H and O–H groups in total. The fraction of sp³-hybridized carbons (Fsp3) is 0.952. The number of rotatable bonds is 21. The summed E-state index contributed by atoms with van der Waals surface area (Å²) in [5.41, 5.74) is -3.52. The first-order valence-corrected chi connectivity index (χ1v) is 33.9. The Morgan fingerprint density at radius 1 is 0.400 bits per heavy atom. The monoisotopic (exact) mass is 1450 g/mol. The number of aliphatic hydroxyl groups excluding tert-OH is 23. The van der Waals surface area contributed by atoms with Crippen molar-refractivity contribution in [1.29, 1.82) is 0 Å². The summed E-state index contributed by atoms with van der Waals surface area (Å²) in [4.78, 5) is 15.5.